The zero-order valence-corrected chi connectivity index (χ0v) is 20.2. The van der Waals surface area contributed by atoms with E-state index in [1.807, 2.05) is 11.9 Å². The van der Waals surface area contributed by atoms with Crippen LogP contribution in [0.2, 0.25) is 0 Å². The maximum Gasteiger partial charge on any atom is 0.435 e. The topological polar surface area (TPSA) is 115 Å². The van der Waals surface area contributed by atoms with Gasteiger partial charge in [0.05, 0.1) is 29.7 Å². The Labute approximate surface area is 204 Å². The summed E-state index contributed by atoms with van der Waals surface area (Å²) in [6, 6.07) is 0.529. The minimum absolute atomic E-state index is 0.139. The number of hydrogen-bond donors (Lipinski definition) is 2. The van der Waals surface area contributed by atoms with E-state index >= 15 is 0 Å². The summed E-state index contributed by atoms with van der Waals surface area (Å²) < 4.78 is 47.1. The molecule has 2 aliphatic rings. The summed E-state index contributed by atoms with van der Waals surface area (Å²) in [6.45, 7) is 2.28. The fourth-order valence-corrected chi connectivity index (χ4v) is 4.56. The Bertz CT molecular complexity index is 1310. The Morgan fingerprint density at radius 1 is 1.28 bits per heavy atom. The van der Waals surface area contributed by atoms with E-state index in [-0.39, 0.29) is 12.5 Å². The number of carbonyl (C=O) groups is 1. The summed E-state index contributed by atoms with van der Waals surface area (Å²) in [5.41, 5.74) is 0.919. The molecule has 3 aromatic rings. The first-order valence-corrected chi connectivity index (χ1v) is 11.3. The summed E-state index contributed by atoms with van der Waals surface area (Å²) >= 11 is 0. The van der Waals surface area contributed by atoms with Crippen molar-refractivity contribution in [2.45, 2.75) is 50.7 Å². The van der Waals surface area contributed by atoms with Gasteiger partial charge in [0.1, 0.15) is 11.7 Å². The van der Waals surface area contributed by atoms with Crippen molar-refractivity contribution in [1.29, 1.82) is 0 Å². The second-order valence-corrected chi connectivity index (χ2v) is 9.14. The number of rotatable bonds is 7. The van der Waals surface area contributed by atoms with Gasteiger partial charge in [-0.1, -0.05) is 0 Å². The Morgan fingerprint density at radius 3 is 2.67 bits per heavy atom. The van der Waals surface area contributed by atoms with Crippen LogP contribution in [0, 0.1) is 6.92 Å². The van der Waals surface area contributed by atoms with Crippen LogP contribution >= 0.6 is 0 Å². The number of aromatic nitrogens is 6. The highest BCUT2D eigenvalue weighted by molar-refractivity contribution is 6.04. The molecule has 11 nitrogen and oxygen atoms in total. The van der Waals surface area contributed by atoms with Crippen LogP contribution in [-0.4, -0.2) is 61.2 Å². The summed E-state index contributed by atoms with van der Waals surface area (Å²) in [5.74, 6) is 0.842. The lowest BCUT2D eigenvalue weighted by Crippen LogP contribution is -2.55. The van der Waals surface area contributed by atoms with Crippen LogP contribution in [0.4, 0.5) is 30.6 Å². The fourth-order valence-electron chi connectivity index (χ4n) is 4.56. The number of methoxy groups -OCH3 is 1. The monoisotopic (exact) mass is 505 g/mol. The maximum absolute atomic E-state index is 12.9. The van der Waals surface area contributed by atoms with Gasteiger partial charge in [0.2, 0.25) is 11.9 Å². The van der Waals surface area contributed by atoms with Crippen LogP contribution in [0.3, 0.4) is 0 Å². The van der Waals surface area contributed by atoms with Gasteiger partial charge in [0.15, 0.2) is 11.5 Å². The molecule has 1 aliphatic heterocycles. The lowest BCUT2D eigenvalue weighted by atomic mass is 10.0. The molecule has 0 aromatic carbocycles. The number of alkyl halides is 3. The van der Waals surface area contributed by atoms with Gasteiger partial charge in [0, 0.05) is 39.5 Å². The molecule has 2 N–H and O–H groups in total. The van der Waals surface area contributed by atoms with E-state index in [1.54, 1.807) is 31.1 Å². The van der Waals surface area contributed by atoms with E-state index in [1.165, 1.54) is 11.7 Å². The number of likely N-dealkylation sites (N-methyl/N-ethyl adjacent to an activating group) is 1. The molecule has 0 radical (unpaired) electrons. The largest absolute Gasteiger partial charge is 0.435 e. The van der Waals surface area contributed by atoms with E-state index in [2.05, 4.69) is 30.8 Å². The quantitative estimate of drug-likeness (QED) is 0.503. The minimum Gasteiger partial charge on any atom is -0.376 e. The van der Waals surface area contributed by atoms with Gasteiger partial charge in [-0.15, -0.1) is 0 Å². The minimum atomic E-state index is -4.50. The molecular formula is C22H26F3N9O2. The third-order valence-corrected chi connectivity index (χ3v) is 6.66. The van der Waals surface area contributed by atoms with Gasteiger partial charge < -0.3 is 20.3 Å². The molecule has 3 aromatic heterocycles. The molecule has 0 spiro atoms. The first kappa shape index (κ1) is 24.0. The number of nitrogens with zero attached hydrogens (tertiary/aromatic N) is 7. The summed E-state index contributed by atoms with van der Waals surface area (Å²) in [7, 11) is 4.91. The SMILES string of the molecule is COC1(C2C(=O)Nc3c(C)nc(NCc4cnn(Cc5cc(C(F)(F)F)nn5C)c4)nc3N2C)CC1. The smallest absolute Gasteiger partial charge is 0.376 e. The van der Waals surface area contributed by atoms with Crippen molar-refractivity contribution in [3.05, 3.63) is 41.1 Å². The zero-order valence-electron chi connectivity index (χ0n) is 20.2. The van der Waals surface area contributed by atoms with E-state index in [0.29, 0.717) is 35.4 Å². The van der Waals surface area contributed by atoms with Crippen molar-refractivity contribution in [3.63, 3.8) is 0 Å². The molecule has 0 bridgehead atoms. The molecule has 0 saturated heterocycles. The Hall–Kier alpha value is -3.68. The van der Waals surface area contributed by atoms with Crippen molar-refractivity contribution >= 4 is 23.4 Å². The van der Waals surface area contributed by atoms with E-state index < -0.39 is 23.5 Å². The van der Waals surface area contributed by atoms with Crippen molar-refractivity contribution in [1.82, 2.24) is 29.5 Å². The van der Waals surface area contributed by atoms with Gasteiger partial charge in [-0.25, -0.2) is 4.98 Å². The first-order chi connectivity index (χ1) is 17.0. The van der Waals surface area contributed by atoms with Crippen molar-refractivity contribution in [2.24, 2.45) is 7.05 Å². The molecule has 1 unspecified atom stereocenters. The average molecular weight is 506 g/mol. The van der Waals surface area contributed by atoms with E-state index in [4.69, 9.17) is 4.74 Å². The third kappa shape index (κ3) is 4.25. The average Bonchev–Trinajstić information content (AvgIpc) is 3.30. The van der Waals surface area contributed by atoms with Gasteiger partial charge in [-0.2, -0.15) is 28.4 Å². The van der Waals surface area contributed by atoms with Gasteiger partial charge in [-0.05, 0) is 25.8 Å². The third-order valence-electron chi connectivity index (χ3n) is 6.66. The second kappa shape index (κ2) is 8.47. The zero-order chi connectivity index (χ0) is 25.8. The summed E-state index contributed by atoms with van der Waals surface area (Å²) in [6.07, 6.45) is 0.461. The normalized spacial score (nSPS) is 18.7. The van der Waals surface area contributed by atoms with Crippen LogP contribution in [0.15, 0.2) is 18.5 Å². The molecule has 5 rings (SSSR count). The number of halogens is 3. The van der Waals surface area contributed by atoms with Gasteiger partial charge in [0.25, 0.3) is 0 Å². The van der Waals surface area contributed by atoms with Crippen LogP contribution in [0.25, 0.3) is 0 Å². The molecule has 1 saturated carbocycles. The predicted molar refractivity (Wildman–Crippen MR) is 123 cm³/mol. The molecule has 14 heteroatoms. The summed E-state index contributed by atoms with van der Waals surface area (Å²) in [5, 5.41) is 13.9. The summed E-state index contributed by atoms with van der Waals surface area (Å²) in [4.78, 5) is 23.7. The number of amides is 1. The van der Waals surface area contributed by atoms with Crippen molar-refractivity contribution < 1.29 is 22.7 Å². The molecule has 36 heavy (non-hydrogen) atoms. The number of ether oxygens (including phenoxy) is 1. The van der Waals surface area contributed by atoms with Crippen molar-refractivity contribution in [2.75, 3.05) is 29.7 Å². The molecule has 1 amide bonds. The van der Waals surface area contributed by atoms with Crippen LogP contribution in [0.1, 0.15) is 35.5 Å². The lowest BCUT2D eigenvalue weighted by Gasteiger charge is -2.38. The number of fused-ring (bicyclic) bond motifs is 1. The Balaban J connectivity index is 1.29. The predicted octanol–water partition coefficient (Wildman–Crippen LogP) is 2.33. The number of hydrogen-bond acceptors (Lipinski definition) is 8. The molecule has 192 valence electrons. The Kier molecular flexibility index (Phi) is 5.65. The number of anilines is 3. The number of carbonyl (C=O) groups excluding carboxylic acids is 1. The highest BCUT2D eigenvalue weighted by Crippen LogP contribution is 2.47. The van der Waals surface area contributed by atoms with Crippen LogP contribution in [-0.2, 0) is 35.8 Å². The Morgan fingerprint density at radius 2 is 2.03 bits per heavy atom. The fraction of sp³-hybridized carbons (Fsp3) is 0.500. The maximum atomic E-state index is 12.9. The second-order valence-electron chi connectivity index (χ2n) is 9.14. The van der Waals surface area contributed by atoms with Gasteiger partial charge >= 0.3 is 6.18 Å². The first-order valence-electron chi connectivity index (χ1n) is 11.3. The highest BCUT2D eigenvalue weighted by atomic mass is 19.4. The highest BCUT2D eigenvalue weighted by Gasteiger charge is 2.57. The van der Waals surface area contributed by atoms with Gasteiger partial charge in [-0.3, -0.25) is 14.2 Å². The number of aryl methyl sites for hydroxylation is 2. The lowest BCUT2D eigenvalue weighted by molar-refractivity contribution is -0.141. The standard InChI is InChI=1S/C22H26F3N9O2/c1-12-16-18(32(2)17(19(35)29-16)21(36-4)5-6-21)30-20(28-12)26-8-13-9-27-34(10-13)11-14-7-15(22(23,24)25)31-33(14)3/h7,9-10,17H,5-6,8,11H2,1-4H3,(H,29,35)(H,26,28,30). The van der Waals surface area contributed by atoms with E-state index in [9.17, 15) is 18.0 Å². The molecule has 1 atom stereocenters. The number of nitrogens with one attached hydrogen (secondary N) is 2. The molecule has 1 fully saturated rings. The van der Waals surface area contributed by atoms with Crippen LogP contribution in [0.5, 0.6) is 0 Å². The van der Waals surface area contributed by atoms with E-state index in [0.717, 1.165) is 24.5 Å². The van der Waals surface area contributed by atoms with Crippen LogP contribution < -0.4 is 15.5 Å². The molecule has 4 heterocycles. The van der Waals surface area contributed by atoms with Crippen molar-refractivity contribution in [3.8, 4) is 0 Å². The molecular weight excluding hydrogens is 479 g/mol. The molecule has 1 aliphatic carbocycles.